The lowest BCUT2D eigenvalue weighted by atomic mass is 9.73. The zero-order chi connectivity index (χ0) is 34.1. The third kappa shape index (κ3) is 7.72. The van der Waals surface area contributed by atoms with Crippen LogP contribution >= 0.6 is 11.6 Å². The van der Waals surface area contributed by atoms with Gasteiger partial charge >= 0.3 is 12.3 Å². The Kier molecular flexibility index (Phi) is 10.5. The Morgan fingerprint density at radius 2 is 1.79 bits per heavy atom. The highest BCUT2D eigenvalue weighted by molar-refractivity contribution is 6.33. The third-order valence-electron chi connectivity index (χ3n) is 10.6. The second-order valence-corrected chi connectivity index (χ2v) is 14.1. The Hall–Kier alpha value is -3.06. The normalized spacial score (nSPS) is 25.0. The van der Waals surface area contributed by atoms with Crippen LogP contribution in [0.5, 0.6) is 0 Å². The second kappa shape index (κ2) is 14.4. The lowest BCUT2D eigenvalue weighted by molar-refractivity contribution is -0.172. The molecular formula is C35H44ClF3N4O5. The van der Waals surface area contributed by atoms with Crippen LogP contribution in [0, 0.1) is 5.92 Å². The minimum Gasteiger partial charge on any atom is -0.438 e. The number of nitrogens with one attached hydrogen (secondary N) is 1. The highest BCUT2D eigenvalue weighted by Gasteiger charge is 2.44. The first kappa shape index (κ1) is 34.8. The summed E-state index contributed by atoms with van der Waals surface area (Å²) in [5.74, 6) is -0.125. The molecule has 3 fully saturated rings. The van der Waals surface area contributed by atoms with E-state index in [4.69, 9.17) is 26.8 Å². The predicted molar refractivity (Wildman–Crippen MR) is 175 cm³/mol. The monoisotopic (exact) mass is 692 g/mol. The molecule has 9 nitrogen and oxygen atoms in total. The number of piperidine rings is 1. The Labute approximate surface area is 283 Å². The van der Waals surface area contributed by atoms with Gasteiger partial charge in [-0.1, -0.05) is 29.8 Å². The minimum atomic E-state index is -4.73. The first-order valence-corrected chi connectivity index (χ1v) is 17.4. The van der Waals surface area contributed by atoms with Gasteiger partial charge in [-0.2, -0.15) is 13.2 Å². The molecule has 4 N–H and O–H groups in total. The number of carbonyl (C=O) groups is 2. The number of nitrogens with zero attached hydrogens (tertiary/aromatic N) is 2. The van der Waals surface area contributed by atoms with E-state index in [0.29, 0.717) is 38.4 Å². The molecule has 2 saturated heterocycles. The SMILES string of the molecule is Nc1c(Cl)cc(C[C@@H](OC(O)CCC2CCC3(CC2)OC(=O)Nc2ccccc23)C(=O)N2CCC(N3CCCC3)CC2)cc1C(F)(F)F. The van der Waals surface area contributed by atoms with Gasteiger partial charge in [0.05, 0.1) is 22.0 Å². The highest BCUT2D eigenvalue weighted by atomic mass is 35.5. The van der Waals surface area contributed by atoms with E-state index in [1.54, 1.807) is 4.90 Å². The van der Waals surface area contributed by atoms with Crippen LogP contribution in [0.2, 0.25) is 5.02 Å². The van der Waals surface area contributed by atoms with E-state index in [2.05, 4.69) is 10.2 Å². The molecule has 0 aromatic heterocycles. The molecular weight excluding hydrogens is 649 g/mol. The fourth-order valence-corrected chi connectivity index (χ4v) is 8.24. The molecule has 262 valence electrons. The smallest absolute Gasteiger partial charge is 0.418 e. The minimum absolute atomic E-state index is 0.147. The Balaban J connectivity index is 1.10. The van der Waals surface area contributed by atoms with Gasteiger partial charge < -0.3 is 30.1 Å². The van der Waals surface area contributed by atoms with Crippen LogP contribution in [0.15, 0.2) is 36.4 Å². The van der Waals surface area contributed by atoms with Crippen LogP contribution in [0.25, 0.3) is 0 Å². The summed E-state index contributed by atoms with van der Waals surface area (Å²) in [6, 6.07) is 10.3. The van der Waals surface area contributed by atoms with Crippen molar-refractivity contribution in [2.45, 2.75) is 101 Å². The average molecular weight is 693 g/mol. The quantitative estimate of drug-likeness (QED) is 0.198. The molecule has 0 radical (unpaired) electrons. The molecule has 0 bridgehead atoms. The molecule has 2 aromatic rings. The summed E-state index contributed by atoms with van der Waals surface area (Å²) in [6.45, 7) is 3.15. The number of carbonyl (C=O) groups excluding carboxylic acids is 2. The molecule has 13 heteroatoms. The molecule has 2 aromatic carbocycles. The molecule has 1 aliphatic carbocycles. The molecule has 2 atom stereocenters. The summed E-state index contributed by atoms with van der Waals surface area (Å²) in [4.78, 5) is 30.3. The Morgan fingerprint density at radius 1 is 1.10 bits per heavy atom. The largest absolute Gasteiger partial charge is 0.438 e. The van der Waals surface area contributed by atoms with E-state index < -0.39 is 41.5 Å². The van der Waals surface area contributed by atoms with E-state index in [-0.39, 0.29) is 35.3 Å². The van der Waals surface area contributed by atoms with Crippen molar-refractivity contribution >= 4 is 35.0 Å². The standard InChI is InChI=1S/C35H44ClF3N4O5/c36-27-20-23(19-26(31(27)40)35(37,38)39)21-29(32(45)43-17-11-24(12-18-43)42-15-3-4-16-42)47-30(44)8-7-22-9-13-34(14-10-22)25-5-1-2-6-28(25)41-33(46)48-34/h1-2,5-6,19-20,22,24,29-30,44H,3-4,7-18,21,40H2,(H,41,46)/t22?,29-,30?,34?/m1/s1. The van der Waals surface area contributed by atoms with E-state index >= 15 is 0 Å². The number of aliphatic hydroxyl groups is 1. The molecule has 1 unspecified atom stereocenters. The number of para-hydroxylation sites is 1. The lowest BCUT2D eigenvalue weighted by Gasteiger charge is -2.43. The van der Waals surface area contributed by atoms with Gasteiger partial charge in [-0.05, 0) is 107 Å². The van der Waals surface area contributed by atoms with Crippen LogP contribution in [0.4, 0.5) is 29.3 Å². The number of likely N-dealkylation sites (tertiary alicyclic amines) is 2. The topological polar surface area (TPSA) is 117 Å². The summed E-state index contributed by atoms with van der Waals surface area (Å²) in [6.07, 6.45) is -0.232. The maximum Gasteiger partial charge on any atom is 0.418 e. The Bertz CT molecular complexity index is 1470. The zero-order valence-electron chi connectivity index (χ0n) is 26.9. The number of rotatable bonds is 9. The average Bonchev–Trinajstić information content (AvgIpc) is 3.60. The molecule has 4 aliphatic rings. The third-order valence-corrected chi connectivity index (χ3v) is 10.9. The second-order valence-electron chi connectivity index (χ2n) is 13.7. The molecule has 1 saturated carbocycles. The highest BCUT2D eigenvalue weighted by Crippen LogP contribution is 2.48. The van der Waals surface area contributed by atoms with E-state index in [9.17, 15) is 27.9 Å². The number of nitrogen functional groups attached to an aromatic ring is 1. The Morgan fingerprint density at radius 3 is 2.48 bits per heavy atom. The number of halogens is 4. The summed E-state index contributed by atoms with van der Waals surface area (Å²) in [7, 11) is 0. The number of aliphatic hydroxyl groups excluding tert-OH is 1. The fourth-order valence-electron chi connectivity index (χ4n) is 7.99. The first-order chi connectivity index (χ1) is 22.9. The number of anilines is 2. The zero-order valence-corrected chi connectivity index (χ0v) is 27.7. The van der Waals surface area contributed by atoms with Crippen molar-refractivity contribution in [1.29, 1.82) is 0 Å². The van der Waals surface area contributed by atoms with Gasteiger partial charge in [0.25, 0.3) is 5.91 Å². The van der Waals surface area contributed by atoms with Crippen LogP contribution in [-0.4, -0.2) is 71.5 Å². The van der Waals surface area contributed by atoms with Gasteiger partial charge in [0.1, 0.15) is 11.7 Å². The summed E-state index contributed by atoms with van der Waals surface area (Å²) in [5, 5.41) is 13.6. The van der Waals surface area contributed by atoms with E-state index in [1.165, 1.54) is 18.9 Å². The number of hydrogen-bond donors (Lipinski definition) is 3. The number of hydrogen-bond acceptors (Lipinski definition) is 7. The number of ether oxygens (including phenoxy) is 2. The molecule has 3 aliphatic heterocycles. The number of amides is 2. The molecule has 1 spiro atoms. The van der Waals surface area contributed by atoms with Gasteiger partial charge in [0.15, 0.2) is 6.29 Å². The van der Waals surface area contributed by atoms with Crippen LogP contribution < -0.4 is 11.1 Å². The summed E-state index contributed by atoms with van der Waals surface area (Å²) >= 11 is 6.10. The lowest BCUT2D eigenvalue weighted by Crippen LogP contribution is -2.50. The van der Waals surface area contributed by atoms with E-state index in [1.807, 2.05) is 24.3 Å². The summed E-state index contributed by atoms with van der Waals surface area (Å²) in [5.41, 5.74) is 5.20. The molecule has 3 heterocycles. The van der Waals surface area contributed by atoms with Gasteiger partial charge in [-0.25, -0.2) is 4.79 Å². The van der Waals surface area contributed by atoms with Gasteiger partial charge in [-0.3, -0.25) is 10.1 Å². The predicted octanol–water partition coefficient (Wildman–Crippen LogP) is 6.70. The number of fused-ring (bicyclic) bond motifs is 2. The number of alkyl halides is 3. The van der Waals surface area contributed by atoms with Crippen LogP contribution in [0.1, 0.15) is 80.9 Å². The van der Waals surface area contributed by atoms with Crippen molar-refractivity contribution in [3.63, 3.8) is 0 Å². The first-order valence-electron chi connectivity index (χ1n) is 17.0. The number of benzene rings is 2. The maximum atomic E-state index is 13.9. The van der Waals surface area contributed by atoms with Gasteiger partial charge in [-0.15, -0.1) is 0 Å². The van der Waals surface area contributed by atoms with Gasteiger partial charge in [0.2, 0.25) is 0 Å². The van der Waals surface area contributed by atoms with Crippen molar-refractivity contribution in [2.75, 3.05) is 37.2 Å². The van der Waals surface area contributed by atoms with Crippen LogP contribution in [-0.2, 0) is 32.5 Å². The molecule has 6 rings (SSSR count). The van der Waals surface area contributed by atoms with Crippen molar-refractivity contribution in [3.8, 4) is 0 Å². The maximum absolute atomic E-state index is 13.9. The van der Waals surface area contributed by atoms with Gasteiger partial charge in [0, 0.05) is 31.1 Å². The fraction of sp³-hybridized carbons (Fsp3) is 0.600. The molecule has 2 amide bonds. The van der Waals surface area contributed by atoms with Crippen molar-refractivity contribution in [1.82, 2.24) is 9.80 Å². The van der Waals surface area contributed by atoms with Crippen molar-refractivity contribution in [3.05, 3.63) is 58.1 Å². The number of nitrogens with two attached hydrogens (primary N) is 1. The van der Waals surface area contributed by atoms with Crippen molar-refractivity contribution in [2.24, 2.45) is 5.92 Å². The van der Waals surface area contributed by atoms with Crippen LogP contribution in [0.3, 0.4) is 0 Å². The van der Waals surface area contributed by atoms with Crippen molar-refractivity contribution < 1.29 is 37.3 Å². The van der Waals surface area contributed by atoms with E-state index in [0.717, 1.165) is 56.1 Å². The summed E-state index contributed by atoms with van der Waals surface area (Å²) < 4.78 is 53.0. The molecule has 48 heavy (non-hydrogen) atoms.